The van der Waals surface area contributed by atoms with Gasteiger partial charge >= 0.3 is 0 Å². The van der Waals surface area contributed by atoms with E-state index in [1.807, 2.05) is 0 Å². The van der Waals surface area contributed by atoms with Crippen molar-refractivity contribution in [2.75, 3.05) is 19.8 Å². The van der Waals surface area contributed by atoms with E-state index in [4.69, 9.17) is 18.9 Å². The topological polar surface area (TPSA) is 228 Å². The van der Waals surface area contributed by atoms with E-state index >= 15 is 0 Å². The monoisotopic (exact) mass is 1230 g/mol. The van der Waals surface area contributed by atoms with E-state index in [-0.39, 0.29) is 12.5 Å². The Labute approximate surface area is 527 Å². The average molecular weight is 1230 g/mol. The molecule has 0 aliphatic carbocycles. The average Bonchev–Trinajstić information content (AvgIpc) is 2.54. The summed E-state index contributed by atoms with van der Waals surface area (Å²) in [7, 11) is 0. The Morgan fingerprint density at radius 2 is 0.663 bits per heavy atom. The molecule has 0 aromatic carbocycles. The first-order valence-corrected chi connectivity index (χ1v) is 37.3. The van der Waals surface area contributed by atoms with Crippen LogP contribution in [-0.2, 0) is 23.7 Å². The number of amides is 1. The van der Waals surface area contributed by atoms with Gasteiger partial charge in [-0.3, -0.25) is 4.79 Å². The predicted molar refractivity (Wildman–Crippen MR) is 351 cm³/mol. The highest BCUT2D eigenvalue weighted by Gasteiger charge is 2.51. The van der Waals surface area contributed by atoms with Gasteiger partial charge in [0.25, 0.3) is 0 Å². The lowest BCUT2D eigenvalue weighted by atomic mass is 9.97. The first-order chi connectivity index (χ1) is 42.1. The Balaban J connectivity index is 1.64. The Morgan fingerprint density at radius 1 is 0.372 bits per heavy atom. The Bertz CT molecular complexity index is 1450. The van der Waals surface area contributed by atoms with Crippen molar-refractivity contribution in [3.8, 4) is 0 Å². The van der Waals surface area contributed by atoms with Gasteiger partial charge in [0.1, 0.15) is 48.8 Å². The summed E-state index contributed by atoms with van der Waals surface area (Å²) in [5, 5.41) is 87.7. The molecule has 0 spiro atoms. The fourth-order valence-corrected chi connectivity index (χ4v) is 12.9. The summed E-state index contributed by atoms with van der Waals surface area (Å²) in [6.07, 6.45) is 52.7. The van der Waals surface area contributed by atoms with Crippen molar-refractivity contribution in [1.29, 1.82) is 0 Å². The minimum Gasteiger partial charge on any atom is -0.394 e. The second kappa shape index (κ2) is 57.9. The quantitative estimate of drug-likeness (QED) is 0.0259. The first-order valence-electron chi connectivity index (χ1n) is 37.3. The van der Waals surface area contributed by atoms with Gasteiger partial charge in [-0.1, -0.05) is 341 Å². The summed E-state index contributed by atoms with van der Waals surface area (Å²) in [6, 6.07) is -0.825. The maximum absolute atomic E-state index is 13.4. The largest absolute Gasteiger partial charge is 0.394 e. The zero-order valence-corrected chi connectivity index (χ0v) is 55.9. The first kappa shape index (κ1) is 81.1. The molecule has 9 N–H and O–H groups in total. The van der Waals surface area contributed by atoms with Crippen molar-refractivity contribution in [1.82, 2.24) is 5.32 Å². The molecular formula is C72H141NO13. The third-order valence-electron chi connectivity index (χ3n) is 18.8. The number of nitrogens with one attached hydrogen (secondary N) is 1. The minimum atomic E-state index is -1.78. The van der Waals surface area contributed by atoms with Crippen molar-refractivity contribution in [3.63, 3.8) is 0 Å². The van der Waals surface area contributed by atoms with Gasteiger partial charge < -0.3 is 65.1 Å². The van der Waals surface area contributed by atoms with E-state index < -0.39 is 86.8 Å². The molecule has 0 bridgehead atoms. The van der Waals surface area contributed by atoms with Crippen molar-refractivity contribution < 1.29 is 64.6 Å². The van der Waals surface area contributed by atoms with Gasteiger partial charge in [0.2, 0.25) is 5.91 Å². The van der Waals surface area contributed by atoms with Gasteiger partial charge in [0, 0.05) is 6.42 Å². The number of unbranched alkanes of at least 4 members (excludes halogenated alkanes) is 50. The van der Waals surface area contributed by atoms with Crippen LogP contribution in [0.1, 0.15) is 361 Å². The van der Waals surface area contributed by atoms with Crippen molar-refractivity contribution in [3.05, 3.63) is 0 Å². The number of rotatable bonds is 63. The number of aliphatic hydroxyl groups is 8. The smallest absolute Gasteiger partial charge is 0.220 e. The van der Waals surface area contributed by atoms with Crippen LogP contribution in [0.5, 0.6) is 0 Å². The third-order valence-corrected chi connectivity index (χ3v) is 18.8. The molecule has 2 fully saturated rings. The number of hydrogen-bond donors (Lipinski definition) is 9. The van der Waals surface area contributed by atoms with E-state index in [9.17, 15) is 45.6 Å². The summed E-state index contributed by atoms with van der Waals surface area (Å²) in [4.78, 5) is 13.4. The van der Waals surface area contributed by atoms with Crippen LogP contribution in [0.15, 0.2) is 0 Å². The lowest BCUT2D eigenvalue weighted by Gasteiger charge is -2.46. The molecule has 0 radical (unpaired) electrons. The number of carbonyl (C=O) groups is 1. The van der Waals surface area contributed by atoms with Crippen LogP contribution in [0.25, 0.3) is 0 Å². The van der Waals surface area contributed by atoms with Gasteiger partial charge in [-0.15, -0.1) is 0 Å². The van der Waals surface area contributed by atoms with Crippen molar-refractivity contribution in [2.45, 2.75) is 434 Å². The maximum atomic E-state index is 13.4. The van der Waals surface area contributed by atoms with E-state index in [2.05, 4.69) is 19.2 Å². The molecule has 0 saturated carbocycles. The molecule has 1 amide bonds. The third kappa shape index (κ3) is 41.5. The predicted octanol–water partition coefficient (Wildman–Crippen LogP) is 15.6. The molecule has 2 aliphatic heterocycles. The molecule has 86 heavy (non-hydrogen) atoms. The zero-order chi connectivity index (χ0) is 62.3. The van der Waals surface area contributed by atoms with Crippen LogP contribution < -0.4 is 5.32 Å². The summed E-state index contributed by atoms with van der Waals surface area (Å²) in [5.41, 5.74) is 0. The minimum absolute atomic E-state index is 0.196. The summed E-state index contributed by atoms with van der Waals surface area (Å²) in [6.45, 7) is 2.94. The van der Waals surface area contributed by atoms with Crippen molar-refractivity contribution >= 4 is 5.91 Å². The van der Waals surface area contributed by atoms with E-state index in [0.29, 0.717) is 12.8 Å². The van der Waals surface area contributed by atoms with Crippen LogP contribution in [0, 0.1) is 0 Å². The summed E-state index contributed by atoms with van der Waals surface area (Å²) in [5.74, 6) is -0.196. The second-order valence-corrected chi connectivity index (χ2v) is 26.8. The highest BCUT2D eigenvalue weighted by atomic mass is 16.7. The normalized spacial score (nSPS) is 23.3. The standard InChI is InChI=1S/C72H141NO13/c1-3-5-7-9-11-13-15-17-19-21-23-25-27-28-29-30-31-32-34-35-37-39-41-43-45-47-49-51-53-55-61(76)60(59-83-71-69(82)67(80)70(63(58-75)85-71)86-72-68(81)66(79)65(78)62(57-74)84-72)73-64(77)56-54-52-50-48-46-44-42-40-38-36-33-26-24-22-20-18-16-14-12-10-8-6-4-2/h60-63,65-72,74-76,78-82H,3-59H2,1-2H3,(H,73,77). The Morgan fingerprint density at radius 3 is 0.988 bits per heavy atom. The Hall–Kier alpha value is -1.01. The molecule has 12 unspecified atom stereocenters. The number of aliphatic hydroxyl groups excluding tert-OH is 8. The lowest BCUT2D eigenvalue weighted by Crippen LogP contribution is -2.65. The molecule has 512 valence electrons. The van der Waals surface area contributed by atoms with Crippen LogP contribution >= 0.6 is 0 Å². The van der Waals surface area contributed by atoms with E-state index in [1.165, 1.54) is 283 Å². The molecular weight excluding hydrogens is 1090 g/mol. The second-order valence-electron chi connectivity index (χ2n) is 26.8. The number of ether oxygens (including phenoxy) is 4. The SMILES string of the molecule is CCCCCCCCCCCCCCCCCCCCCCCCCCCCCCCC(O)C(COC1OC(CO)C(OC2OC(CO)C(O)C(O)C2O)C(O)C1O)NC(=O)CCCCCCCCCCCCCCCCCCCCCCCCC. The molecule has 2 saturated heterocycles. The molecule has 12 atom stereocenters. The van der Waals surface area contributed by atoms with Crippen LogP contribution in [0.2, 0.25) is 0 Å². The molecule has 2 aliphatic rings. The van der Waals surface area contributed by atoms with Gasteiger partial charge in [-0.05, 0) is 12.8 Å². The van der Waals surface area contributed by atoms with Crippen LogP contribution in [-0.4, -0.2) is 140 Å². The highest BCUT2D eigenvalue weighted by molar-refractivity contribution is 5.76. The van der Waals surface area contributed by atoms with E-state index in [0.717, 1.165) is 51.4 Å². The summed E-state index contributed by atoms with van der Waals surface area (Å²) >= 11 is 0. The summed E-state index contributed by atoms with van der Waals surface area (Å²) < 4.78 is 23.0. The van der Waals surface area contributed by atoms with Gasteiger partial charge in [-0.2, -0.15) is 0 Å². The molecule has 14 nitrogen and oxygen atoms in total. The molecule has 2 heterocycles. The van der Waals surface area contributed by atoms with Crippen molar-refractivity contribution in [2.24, 2.45) is 0 Å². The lowest BCUT2D eigenvalue weighted by molar-refractivity contribution is -0.359. The van der Waals surface area contributed by atoms with Crippen LogP contribution in [0.3, 0.4) is 0 Å². The van der Waals surface area contributed by atoms with Crippen LogP contribution in [0.4, 0.5) is 0 Å². The maximum Gasteiger partial charge on any atom is 0.220 e. The fraction of sp³-hybridized carbons (Fsp3) is 0.986. The molecule has 2 rings (SSSR count). The fourth-order valence-electron chi connectivity index (χ4n) is 12.9. The highest BCUT2D eigenvalue weighted by Crippen LogP contribution is 2.30. The number of hydrogen-bond acceptors (Lipinski definition) is 13. The molecule has 0 aromatic heterocycles. The molecule has 0 aromatic rings. The Kier molecular flexibility index (Phi) is 54.5. The number of carbonyl (C=O) groups excluding carboxylic acids is 1. The molecule has 14 heteroatoms. The van der Waals surface area contributed by atoms with Gasteiger partial charge in [0.15, 0.2) is 12.6 Å². The van der Waals surface area contributed by atoms with Gasteiger partial charge in [-0.25, -0.2) is 0 Å². The van der Waals surface area contributed by atoms with Gasteiger partial charge in [0.05, 0.1) is 32.0 Å². The zero-order valence-electron chi connectivity index (χ0n) is 55.9. The van der Waals surface area contributed by atoms with E-state index in [1.54, 1.807) is 0 Å².